The second-order valence-corrected chi connectivity index (χ2v) is 6.78. The van der Waals surface area contributed by atoms with E-state index in [1.807, 2.05) is 39.8 Å². The molecule has 25 heavy (non-hydrogen) atoms. The number of halogens is 1. The summed E-state index contributed by atoms with van der Waals surface area (Å²) in [5.41, 5.74) is 7.60. The highest BCUT2D eigenvalue weighted by Crippen LogP contribution is 2.27. The molecule has 0 aromatic heterocycles. The Bertz CT molecular complexity index is 872. The van der Waals surface area contributed by atoms with Gasteiger partial charge in [-0.05, 0) is 62.6 Å². The van der Waals surface area contributed by atoms with E-state index in [1.165, 1.54) is 0 Å². The summed E-state index contributed by atoms with van der Waals surface area (Å²) in [4.78, 5) is 16.1. The van der Waals surface area contributed by atoms with E-state index in [2.05, 4.69) is 5.92 Å². The van der Waals surface area contributed by atoms with Crippen LogP contribution in [0.4, 0.5) is 0 Å². The van der Waals surface area contributed by atoms with Crippen LogP contribution in [0.2, 0.25) is 5.02 Å². The van der Waals surface area contributed by atoms with E-state index in [-0.39, 0.29) is 0 Å². The fourth-order valence-corrected chi connectivity index (χ4v) is 2.99. The molecule has 3 heteroatoms. The lowest BCUT2D eigenvalue weighted by molar-refractivity contribution is 0.112. The molecule has 2 nitrogen and oxygen atoms in total. The van der Waals surface area contributed by atoms with Crippen molar-refractivity contribution in [3.8, 4) is 12.3 Å². The van der Waals surface area contributed by atoms with Crippen LogP contribution >= 0.6 is 11.6 Å². The molecule has 0 atom stereocenters. The van der Waals surface area contributed by atoms with Gasteiger partial charge in [0.2, 0.25) is 0 Å². The van der Waals surface area contributed by atoms with Gasteiger partial charge in [-0.1, -0.05) is 29.2 Å². The minimum atomic E-state index is 0.594. The Balaban J connectivity index is 2.41. The molecule has 1 aromatic rings. The highest BCUT2D eigenvalue weighted by atomic mass is 35.5. The van der Waals surface area contributed by atoms with Crippen LogP contribution in [0.1, 0.15) is 48.7 Å². The maximum Gasteiger partial charge on any atom is 0.150 e. The Morgan fingerprint density at radius 3 is 2.64 bits per heavy atom. The first-order valence-corrected chi connectivity index (χ1v) is 8.57. The molecule has 2 rings (SSSR count). The van der Waals surface area contributed by atoms with E-state index in [0.29, 0.717) is 17.0 Å². The summed E-state index contributed by atoms with van der Waals surface area (Å²) in [5.74, 6) is 2.67. The summed E-state index contributed by atoms with van der Waals surface area (Å²) in [6, 6.07) is 3.53. The normalized spacial score (nSPS) is 15.3. The number of nitrogens with zero attached hydrogens (tertiary/aromatic N) is 1. The summed E-state index contributed by atoms with van der Waals surface area (Å²) in [6.07, 6.45) is 11.6. The topological polar surface area (TPSA) is 29.4 Å². The summed E-state index contributed by atoms with van der Waals surface area (Å²) in [6.45, 7) is 8.03. The summed E-state index contributed by atoms with van der Waals surface area (Å²) in [7, 11) is 0. The number of hydrogen-bond donors (Lipinski definition) is 0. The Morgan fingerprint density at radius 2 is 2.08 bits per heavy atom. The minimum absolute atomic E-state index is 0.594. The molecule has 0 fully saturated rings. The lowest BCUT2D eigenvalue weighted by atomic mass is 9.96. The summed E-state index contributed by atoms with van der Waals surface area (Å²) < 4.78 is 0. The van der Waals surface area contributed by atoms with E-state index >= 15 is 0 Å². The third kappa shape index (κ3) is 4.38. The van der Waals surface area contributed by atoms with Crippen LogP contribution in [0.3, 0.4) is 0 Å². The molecule has 0 radical (unpaired) electrons. The Hall–Kier alpha value is -2.37. The van der Waals surface area contributed by atoms with E-state index in [1.54, 1.807) is 12.1 Å². The van der Waals surface area contributed by atoms with Crippen LogP contribution in [0.15, 0.2) is 51.7 Å². The van der Waals surface area contributed by atoms with Gasteiger partial charge in [0, 0.05) is 40.4 Å². The number of hydrogen-bond acceptors (Lipinski definition) is 2. The van der Waals surface area contributed by atoms with Crippen molar-refractivity contribution in [3.63, 3.8) is 0 Å². The van der Waals surface area contributed by atoms with Crippen molar-refractivity contribution >= 4 is 23.6 Å². The molecule has 0 amide bonds. The Labute approximate surface area is 155 Å². The van der Waals surface area contributed by atoms with Gasteiger partial charge in [0.25, 0.3) is 0 Å². The molecular formula is C22H22ClNO. The van der Waals surface area contributed by atoms with Crippen molar-refractivity contribution < 1.29 is 4.79 Å². The number of aliphatic imine (C=N–C) groups is 1. The maximum absolute atomic E-state index is 11.2. The van der Waals surface area contributed by atoms with Gasteiger partial charge >= 0.3 is 0 Å². The summed E-state index contributed by atoms with van der Waals surface area (Å²) >= 11 is 6.39. The fraction of sp³-hybridized carbons (Fsp3) is 0.273. The van der Waals surface area contributed by atoms with Crippen molar-refractivity contribution in [3.05, 3.63) is 68.4 Å². The molecule has 0 saturated carbocycles. The van der Waals surface area contributed by atoms with Gasteiger partial charge in [-0.25, -0.2) is 0 Å². The van der Waals surface area contributed by atoms with Crippen LogP contribution in [0.25, 0.3) is 0 Å². The number of terminal acetylenes is 1. The quantitative estimate of drug-likeness (QED) is 0.509. The highest BCUT2D eigenvalue weighted by Gasteiger charge is 2.14. The van der Waals surface area contributed by atoms with Gasteiger partial charge in [-0.15, -0.1) is 6.42 Å². The molecule has 0 bridgehead atoms. The van der Waals surface area contributed by atoms with Crippen LogP contribution in [0.5, 0.6) is 0 Å². The van der Waals surface area contributed by atoms with E-state index < -0.39 is 0 Å². The standard InChI is InChI=1S/C22H22ClNO/c1-6-17-7-10-21(15(4)11-17)24-22(14(2)3)12-19-16(5)18(13-25)8-9-20(19)23/h1,7-9,11,13H,10,12H2,2-5H3. The molecule has 128 valence electrons. The van der Waals surface area contributed by atoms with E-state index in [9.17, 15) is 4.79 Å². The number of carbonyl (C=O) groups excluding carboxylic acids is 1. The first kappa shape index (κ1) is 19.0. The zero-order chi connectivity index (χ0) is 18.6. The Kier molecular flexibility index (Phi) is 6.17. The van der Waals surface area contributed by atoms with Gasteiger partial charge in [-0.2, -0.15) is 0 Å². The third-order valence-corrected chi connectivity index (χ3v) is 4.76. The second kappa shape index (κ2) is 8.14. The predicted octanol–water partition coefficient (Wildman–Crippen LogP) is 5.65. The first-order chi connectivity index (χ1) is 11.9. The van der Waals surface area contributed by atoms with Gasteiger partial charge < -0.3 is 0 Å². The van der Waals surface area contributed by atoms with Gasteiger partial charge in [0.15, 0.2) is 0 Å². The number of benzene rings is 1. The van der Waals surface area contributed by atoms with Crippen molar-refractivity contribution in [1.29, 1.82) is 0 Å². The molecular weight excluding hydrogens is 330 g/mol. The lowest BCUT2D eigenvalue weighted by Gasteiger charge is -2.15. The van der Waals surface area contributed by atoms with Crippen LogP contribution in [0, 0.1) is 19.3 Å². The monoisotopic (exact) mass is 351 g/mol. The molecule has 0 heterocycles. The van der Waals surface area contributed by atoms with Gasteiger partial charge in [-0.3, -0.25) is 9.79 Å². The molecule has 1 aliphatic carbocycles. The smallest absolute Gasteiger partial charge is 0.150 e. The molecule has 1 aromatic carbocycles. The first-order valence-electron chi connectivity index (χ1n) is 8.19. The van der Waals surface area contributed by atoms with Crippen molar-refractivity contribution in [1.82, 2.24) is 0 Å². The number of rotatable bonds is 4. The Morgan fingerprint density at radius 1 is 1.36 bits per heavy atom. The molecule has 1 aliphatic rings. The van der Waals surface area contributed by atoms with Crippen molar-refractivity contribution in [2.75, 3.05) is 0 Å². The number of aldehydes is 1. The van der Waals surface area contributed by atoms with Crippen LogP contribution in [-0.2, 0) is 6.42 Å². The van der Waals surface area contributed by atoms with E-state index in [0.717, 1.165) is 52.0 Å². The van der Waals surface area contributed by atoms with Crippen molar-refractivity contribution in [2.45, 2.75) is 40.5 Å². The van der Waals surface area contributed by atoms with E-state index in [4.69, 9.17) is 23.0 Å². The molecule has 0 unspecified atom stereocenters. The van der Waals surface area contributed by atoms with Gasteiger partial charge in [0.05, 0.1) is 0 Å². The van der Waals surface area contributed by atoms with Crippen LogP contribution in [-0.4, -0.2) is 12.0 Å². The SMILES string of the molecule is C#CC1=CCC(=NC(Cc2c(Cl)ccc(C=O)c2C)=C(C)C)C(C)=C1. The molecule has 0 spiro atoms. The maximum atomic E-state index is 11.2. The highest BCUT2D eigenvalue weighted by molar-refractivity contribution is 6.31. The third-order valence-electron chi connectivity index (χ3n) is 4.41. The predicted molar refractivity (Wildman–Crippen MR) is 106 cm³/mol. The average Bonchev–Trinajstić information content (AvgIpc) is 2.58. The zero-order valence-corrected chi connectivity index (χ0v) is 15.9. The van der Waals surface area contributed by atoms with Crippen molar-refractivity contribution in [2.24, 2.45) is 4.99 Å². The number of carbonyl (C=O) groups is 1. The van der Waals surface area contributed by atoms with Gasteiger partial charge in [0.1, 0.15) is 6.29 Å². The fourth-order valence-electron chi connectivity index (χ4n) is 2.72. The zero-order valence-electron chi connectivity index (χ0n) is 15.1. The molecule has 0 N–H and O–H groups in total. The second-order valence-electron chi connectivity index (χ2n) is 6.38. The largest absolute Gasteiger partial charge is 0.298 e. The molecule has 0 aliphatic heterocycles. The average molecular weight is 352 g/mol. The number of allylic oxidation sites excluding steroid dienone is 6. The summed E-state index contributed by atoms with van der Waals surface area (Å²) in [5, 5.41) is 0.660. The van der Waals surface area contributed by atoms with Crippen LogP contribution < -0.4 is 0 Å². The minimum Gasteiger partial charge on any atom is -0.298 e. The lowest BCUT2D eigenvalue weighted by Crippen LogP contribution is -2.07. The molecule has 0 saturated heterocycles.